The second-order valence-electron chi connectivity index (χ2n) is 16.2. The molecule has 3 atom stereocenters. The molecule has 0 aromatic heterocycles. The number of carboxylic acid groups (broad SMARTS) is 1. The summed E-state index contributed by atoms with van der Waals surface area (Å²) in [4.78, 5) is 46.0. The third kappa shape index (κ3) is 42.4. The number of aliphatic carboxylic acids is 1. The largest absolute Gasteiger partial charge is 0.480 e. The average Bonchev–Trinajstić information content (AvgIpc) is 3.22. The minimum atomic E-state index is -4.73. The molecule has 0 saturated carbocycles. The van der Waals surface area contributed by atoms with Crippen LogP contribution in [0.15, 0.2) is 36.5 Å². The number of phosphoric ester groups is 1. The highest BCUT2D eigenvalue weighted by atomic mass is 31.2. The van der Waals surface area contributed by atoms with Crippen molar-refractivity contribution in [1.82, 2.24) is 0 Å². The zero-order valence-corrected chi connectivity index (χ0v) is 38.9. The molecule has 1 unspecified atom stereocenters. The van der Waals surface area contributed by atoms with Gasteiger partial charge in [0.25, 0.3) is 0 Å². The van der Waals surface area contributed by atoms with Crippen LogP contribution in [0.25, 0.3) is 0 Å². The summed E-state index contributed by atoms with van der Waals surface area (Å²) in [5.74, 6) is -2.42. The molecule has 0 radical (unpaired) electrons. The van der Waals surface area contributed by atoms with E-state index in [9.17, 15) is 23.8 Å². The van der Waals surface area contributed by atoms with Gasteiger partial charge in [-0.2, -0.15) is 0 Å². The first-order valence-electron chi connectivity index (χ1n) is 24.0. The van der Waals surface area contributed by atoms with Gasteiger partial charge in [0.1, 0.15) is 12.6 Å². The molecule has 60 heavy (non-hydrogen) atoms. The lowest BCUT2D eigenvalue weighted by Crippen LogP contribution is -2.34. The maximum atomic E-state index is 12.6. The molecule has 0 aromatic carbocycles. The molecule has 0 bridgehead atoms. The third-order valence-electron chi connectivity index (χ3n) is 10.4. The van der Waals surface area contributed by atoms with Crippen LogP contribution < -0.4 is 5.73 Å². The van der Waals surface area contributed by atoms with Crippen LogP contribution in [-0.4, -0.2) is 59.9 Å². The second kappa shape index (κ2) is 43.4. The number of carbonyl (C=O) groups excluding carboxylic acids is 2. The van der Waals surface area contributed by atoms with Crippen molar-refractivity contribution in [2.45, 2.75) is 231 Å². The first-order valence-corrected chi connectivity index (χ1v) is 25.5. The summed E-state index contributed by atoms with van der Waals surface area (Å²) >= 11 is 0. The van der Waals surface area contributed by atoms with Gasteiger partial charge in [-0.25, -0.2) is 4.57 Å². The summed E-state index contributed by atoms with van der Waals surface area (Å²) in [5.41, 5.74) is 5.34. The molecule has 0 saturated heterocycles. The van der Waals surface area contributed by atoms with Gasteiger partial charge in [-0.05, 0) is 51.4 Å². The summed E-state index contributed by atoms with van der Waals surface area (Å²) in [6, 6.07) is -1.53. The van der Waals surface area contributed by atoms with Crippen LogP contribution in [0.3, 0.4) is 0 Å². The smallest absolute Gasteiger partial charge is 0.472 e. The van der Waals surface area contributed by atoms with Crippen LogP contribution in [0.5, 0.6) is 0 Å². The number of carbonyl (C=O) groups is 3. The Morgan fingerprint density at radius 1 is 0.517 bits per heavy atom. The number of hydrogen-bond acceptors (Lipinski definition) is 9. The quantitative estimate of drug-likeness (QED) is 0.0230. The van der Waals surface area contributed by atoms with Gasteiger partial charge in [-0.1, -0.05) is 192 Å². The van der Waals surface area contributed by atoms with E-state index < -0.39 is 51.1 Å². The topological polar surface area (TPSA) is 172 Å². The van der Waals surface area contributed by atoms with Crippen molar-refractivity contribution in [3.63, 3.8) is 0 Å². The Hall–Kier alpha value is -2.30. The van der Waals surface area contributed by atoms with E-state index in [1.165, 1.54) is 128 Å². The summed E-state index contributed by atoms with van der Waals surface area (Å²) in [5, 5.41) is 8.90. The zero-order valence-electron chi connectivity index (χ0n) is 38.1. The van der Waals surface area contributed by atoms with Gasteiger partial charge in [0.2, 0.25) is 0 Å². The molecule has 0 spiro atoms. The Kier molecular flexibility index (Phi) is 41.7. The minimum Gasteiger partial charge on any atom is -0.480 e. The van der Waals surface area contributed by atoms with E-state index in [4.69, 9.17) is 24.8 Å². The van der Waals surface area contributed by atoms with Crippen molar-refractivity contribution in [2.24, 2.45) is 5.73 Å². The van der Waals surface area contributed by atoms with Gasteiger partial charge < -0.3 is 25.2 Å². The van der Waals surface area contributed by atoms with Crippen LogP contribution >= 0.6 is 7.82 Å². The Labute approximate surface area is 365 Å². The van der Waals surface area contributed by atoms with Crippen molar-refractivity contribution < 1.29 is 47.5 Å². The Morgan fingerprint density at radius 2 is 0.883 bits per heavy atom. The van der Waals surface area contributed by atoms with Gasteiger partial charge in [0.05, 0.1) is 13.2 Å². The van der Waals surface area contributed by atoms with Crippen LogP contribution in [0.2, 0.25) is 0 Å². The number of ether oxygens (including phenoxy) is 2. The fourth-order valence-electron chi connectivity index (χ4n) is 6.60. The van der Waals surface area contributed by atoms with Crippen LogP contribution in [0, 0.1) is 0 Å². The van der Waals surface area contributed by atoms with Crippen LogP contribution in [-0.2, 0) is 37.5 Å². The van der Waals surface area contributed by atoms with E-state index in [0.29, 0.717) is 12.8 Å². The van der Waals surface area contributed by atoms with Crippen molar-refractivity contribution in [3.05, 3.63) is 36.5 Å². The summed E-state index contributed by atoms with van der Waals surface area (Å²) in [6.07, 6.45) is 47.9. The van der Waals surface area contributed by atoms with E-state index in [-0.39, 0.29) is 19.4 Å². The van der Waals surface area contributed by atoms with Crippen LogP contribution in [0.4, 0.5) is 0 Å². The van der Waals surface area contributed by atoms with Gasteiger partial charge in [-0.15, -0.1) is 0 Å². The van der Waals surface area contributed by atoms with Crippen molar-refractivity contribution in [2.75, 3.05) is 19.8 Å². The van der Waals surface area contributed by atoms with E-state index in [0.717, 1.165) is 51.4 Å². The van der Waals surface area contributed by atoms with Crippen molar-refractivity contribution in [3.8, 4) is 0 Å². The predicted molar refractivity (Wildman–Crippen MR) is 245 cm³/mol. The molecular weight excluding hydrogens is 781 g/mol. The standard InChI is InChI=1S/C48H88NO10P/c1-3-5-7-9-11-13-15-17-19-20-21-22-23-24-26-27-29-31-33-35-37-39-46(50)56-41-44(42-57-60(54,55)58-43-45(49)48(52)53)59-47(51)40-38-36-34-32-30-28-25-18-16-14-12-10-8-6-4-2/h12,14,18,25,30,32,44-45H,3-11,13,15-17,19-24,26-29,31,33-43,49H2,1-2H3,(H,52,53)(H,54,55)/b14-12-,25-18-,32-30-/t44-,45+/m1/s1. The number of rotatable bonds is 45. The third-order valence-corrected chi connectivity index (χ3v) is 11.3. The molecule has 350 valence electrons. The summed E-state index contributed by atoms with van der Waals surface area (Å²) in [7, 11) is -4.73. The Balaban J connectivity index is 4.28. The Bertz CT molecular complexity index is 1160. The van der Waals surface area contributed by atoms with Crippen molar-refractivity contribution >= 4 is 25.7 Å². The molecule has 0 fully saturated rings. The SMILES string of the molecule is CCCCC/C=C\C/C=C\C/C=C\CCCCC(=O)O[C@H](COC(=O)CCCCCCCCCCCCCCCCCCCCCCC)COP(=O)(O)OC[C@H](N)C(=O)O. The maximum Gasteiger partial charge on any atom is 0.472 e. The van der Waals surface area contributed by atoms with E-state index >= 15 is 0 Å². The molecule has 12 heteroatoms. The fraction of sp³-hybridized carbons (Fsp3) is 0.812. The molecule has 0 amide bonds. The fourth-order valence-corrected chi connectivity index (χ4v) is 7.38. The molecule has 0 aliphatic rings. The number of allylic oxidation sites excluding steroid dienone is 6. The highest BCUT2D eigenvalue weighted by Crippen LogP contribution is 2.43. The van der Waals surface area contributed by atoms with Gasteiger partial charge in [-0.3, -0.25) is 23.4 Å². The van der Waals surface area contributed by atoms with E-state index in [1.807, 2.05) is 0 Å². The van der Waals surface area contributed by atoms with Crippen molar-refractivity contribution in [1.29, 1.82) is 0 Å². The normalized spacial score (nSPS) is 13.9. The second-order valence-corrected chi connectivity index (χ2v) is 17.7. The lowest BCUT2D eigenvalue weighted by Gasteiger charge is -2.20. The average molecular weight is 870 g/mol. The molecule has 0 aromatic rings. The van der Waals surface area contributed by atoms with Gasteiger partial charge in [0.15, 0.2) is 6.10 Å². The number of hydrogen-bond donors (Lipinski definition) is 3. The van der Waals surface area contributed by atoms with E-state index in [2.05, 4.69) is 54.8 Å². The number of esters is 2. The van der Waals surface area contributed by atoms with Gasteiger partial charge in [0, 0.05) is 12.8 Å². The molecule has 0 rings (SSSR count). The maximum absolute atomic E-state index is 12.6. The predicted octanol–water partition coefficient (Wildman–Crippen LogP) is 13.2. The highest BCUT2D eigenvalue weighted by Gasteiger charge is 2.28. The zero-order chi connectivity index (χ0) is 44.2. The Morgan fingerprint density at radius 3 is 1.35 bits per heavy atom. The molecule has 0 aliphatic heterocycles. The first-order chi connectivity index (χ1) is 29.1. The molecule has 4 N–H and O–H groups in total. The summed E-state index contributed by atoms with van der Waals surface area (Å²) < 4.78 is 32.7. The summed E-state index contributed by atoms with van der Waals surface area (Å²) in [6.45, 7) is 2.76. The number of nitrogens with two attached hydrogens (primary N) is 1. The monoisotopic (exact) mass is 870 g/mol. The molecule has 0 aliphatic carbocycles. The highest BCUT2D eigenvalue weighted by molar-refractivity contribution is 7.47. The lowest BCUT2D eigenvalue weighted by atomic mass is 10.0. The molecule has 11 nitrogen and oxygen atoms in total. The lowest BCUT2D eigenvalue weighted by molar-refractivity contribution is -0.161. The molecule has 0 heterocycles. The number of carboxylic acids is 1. The minimum absolute atomic E-state index is 0.114. The van der Waals surface area contributed by atoms with Crippen LogP contribution in [0.1, 0.15) is 219 Å². The van der Waals surface area contributed by atoms with Gasteiger partial charge >= 0.3 is 25.7 Å². The number of unbranched alkanes of at least 4 members (excludes halogenated alkanes) is 25. The number of phosphoric acid groups is 1. The molecular formula is C48H88NO10P. The first kappa shape index (κ1) is 57.7. The van der Waals surface area contributed by atoms with E-state index in [1.54, 1.807) is 0 Å².